The van der Waals surface area contributed by atoms with Gasteiger partial charge in [-0.15, -0.1) is 0 Å². The van der Waals surface area contributed by atoms with Gasteiger partial charge in [-0.2, -0.15) is 0 Å². The van der Waals surface area contributed by atoms with Crippen LogP contribution < -0.4 is 4.72 Å². The molecule has 1 aliphatic heterocycles. The Morgan fingerprint density at radius 3 is 2.71 bits per heavy atom. The van der Waals surface area contributed by atoms with E-state index in [0.717, 1.165) is 42.8 Å². The molecular weight excluding hydrogens is 356 g/mol. The standard InChI is InChI=1S/C14H21BrN2O3S/c1-2-12-11-13(3-4-14(12)15)21(18,19)16-5-6-17-7-9-20-10-8-17/h3-4,11,16H,2,5-10H2,1H3. The number of sulfonamides is 1. The molecule has 0 unspecified atom stereocenters. The number of benzene rings is 1. The Labute approximate surface area is 134 Å². The summed E-state index contributed by atoms with van der Waals surface area (Å²) in [5.74, 6) is 0. The highest BCUT2D eigenvalue weighted by Crippen LogP contribution is 2.21. The number of hydrogen-bond acceptors (Lipinski definition) is 4. The van der Waals surface area contributed by atoms with Crippen LogP contribution in [-0.2, 0) is 21.2 Å². The molecule has 2 rings (SSSR count). The van der Waals surface area contributed by atoms with Crippen LogP contribution in [-0.4, -0.2) is 52.7 Å². The minimum Gasteiger partial charge on any atom is -0.379 e. The van der Waals surface area contributed by atoms with Crippen LogP contribution in [0.1, 0.15) is 12.5 Å². The van der Waals surface area contributed by atoms with E-state index in [1.165, 1.54) is 0 Å². The van der Waals surface area contributed by atoms with Crippen LogP contribution in [0.4, 0.5) is 0 Å². The lowest BCUT2D eigenvalue weighted by molar-refractivity contribution is 0.0390. The molecule has 0 aliphatic carbocycles. The molecule has 1 N–H and O–H groups in total. The predicted molar refractivity (Wildman–Crippen MR) is 86.0 cm³/mol. The monoisotopic (exact) mass is 376 g/mol. The first kappa shape index (κ1) is 16.9. The van der Waals surface area contributed by atoms with E-state index < -0.39 is 10.0 Å². The molecule has 1 aromatic carbocycles. The number of halogens is 1. The Balaban J connectivity index is 1.94. The number of aryl methyl sites for hydroxylation is 1. The van der Waals surface area contributed by atoms with Gasteiger partial charge in [-0.3, -0.25) is 4.90 Å². The first-order valence-electron chi connectivity index (χ1n) is 7.11. The average molecular weight is 377 g/mol. The molecule has 0 saturated carbocycles. The van der Waals surface area contributed by atoms with Gasteiger partial charge < -0.3 is 4.74 Å². The van der Waals surface area contributed by atoms with Gasteiger partial charge in [0, 0.05) is 30.7 Å². The summed E-state index contributed by atoms with van der Waals surface area (Å²) in [6, 6.07) is 5.14. The van der Waals surface area contributed by atoms with Gasteiger partial charge in [0.15, 0.2) is 0 Å². The van der Waals surface area contributed by atoms with Crippen LogP contribution in [0.3, 0.4) is 0 Å². The van der Waals surface area contributed by atoms with Crippen molar-refractivity contribution in [3.8, 4) is 0 Å². The normalized spacial score (nSPS) is 17.0. The van der Waals surface area contributed by atoms with Crippen LogP contribution in [0, 0.1) is 0 Å². The van der Waals surface area contributed by atoms with Crippen LogP contribution in [0.5, 0.6) is 0 Å². The second kappa shape index (κ2) is 7.69. The second-order valence-electron chi connectivity index (χ2n) is 4.96. The molecule has 1 aromatic rings. The molecule has 118 valence electrons. The van der Waals surface area contributed by atoms with Crippen molar-refractivity contribution in [2.75, 3.05) is 39.4 Å². The van der Waals surface area contributed by atoms with E-state index in [1.54, 1.807) is 18.2 Å². The highest BCUT2D eigenvalue weighted by Gasteiger charge is 2.16. The molecule has 0 amide bonds. The third-order valence-corrected chi connectivity index (χ3v) is 5.76. The fourth-order valence-corrected chi connectivity index (χ4v) is 3.83. The zero-order valence-electron chi connectivity index (χ0n) is 12.1. The molecule has 5 nitrogen and oxygen atoms in total. The summed E-state index contributed by atoms with van der Waals surface area (Å²) < 4.78 is 33.4. The summed E-state index contributed by atoms with van der Waals surface area (Å²) in [5.41, 5.74) is 0.992. The molecule has 1 saturated heterocycles. The van der Waals surface area contributed by atoms with Crippen molar-refractivity contribution in [2.24, 2.45) is 0 Å². The zero-order chi connectivity index (χ0) is 15.3. The molecule has 1 aliphatic rings. The molecule has 0 aromatic heterocycles. The van der Waals surface area contributed by atoms with Gasteiger partial charge in [0.1, 0.15) is 0 Å². The van der Waals surface area contributed by atoms with E-state index in [4.69, 9.17) is 4.74 Å². The summed E-state index contributed by atoms with van der Waals surface area (Å²) >= 11 is 3.43. The smallest absolute Gasteiger partial charge is 0.240 e. The Morgan fingerprint density at radius 1 is 1.33 bits per heavy atom. The maximum atomic E-state index is 12.3. The van der Waals surface area contributed by atoms with E-state index in [1.807, 2.05) is 6.92 Å². The Hall–Kier alpha value is -0.470. The van der Waals surface area contributed by atoms with Gasteiger partial charge in [-0.05, 0) is 30.2 Å². The lowest BCUT2D eigenvalue weighted by Crippen LogP contribution is -2.41. The highest BCUT2D eigenvalue weighted by molar-refractivity contribution is 9.10. The highest BCUT2D eigenvalue weighted by atomic mass is 79.9. The Morgan fingerprint density at radius 2 is 2.05 bits per heavy atom. The number of nitrogens with zero attached hydrogens (tertiary/aromatic N) is 1. The summed E-state index contributed by atoms with van der Waals surface area (Å²) in [4.78, 5) is 2.52. The van der Waals surface area contributed by atoms with Crippen LogP contribution in [0.2, 0.25) is 0 Å². The Bertz CT molecular complexity index is 572. The van der Waals surface area contributed by atoms with E-state index in [9.17, 15) is 8.42 Å². The topological polar surface area (TPSA) is 58.6 Å². The van der Waals surface area contributed by atoms with Crippen molar-refractivity contribution in [3.05, 3.63) is 28.2 Å². The van der Waals surface area contributed by atoms with Gasteiger partial charge in [0.05, 0.1) is 18.1 Å². The molecular formula is C14H21BrN2O3S. The Kier molecular flexibility index (Phi) is 6.19. The number of morpholine rings is 1. The lowest BCUT2D eigenvalue weighted by atomic mass is 10.2. The van der Waals surface area contributed by atoms with Gasteiger partial charge in [0.2, 0.25) is 10.0 Å². The number of nitrogens with one attached hydrogen (secondary N) is 1. The van der Waals surface area contributed by atoms with Crippen molar-refractivity contribution < 1.29 is 13.2 Å². The summed E-state index contributed by atoms with van der Waals surface area (Å²) in [7, 11) is -3.44. The number of hydrogen-bond donors (Lipinski definition) is 1. The fraction of sp³-hybridized carbons (Fsp3) is 0.571. The van der Waals surface area contributed by atoms with Crippen molar-refractivity contribution in [1.82, 2.24) is 9.62 Å². The summed E-state index contributed by atoms with van der Waals surface area (Å²) in [6.45, 7) is 6.29. The van der Waals surface area contributed by atoms with Crippen molar-refractivity contribution in [1.29, 1.82) is 0 Å². The first-order valence-corrected chi connectivity index (χ1v) is 9.39. The van der Waals surface area contributed by atoms with E-state index >= 15 is 0 Å². The molecule has 0 bridgehead atoms. The fourth-order valence-electron chi connectivity index (χ4n) is 2.24. The van der Waals surface area contributed by atoms with Gasteiger partial charge >= 0.3 is 0 Å². The van der Waals surface area contributed by atoms with Crippen molar-refractivity contribution >= 4 is 26.0 Å². The summed E-state index contributed by atoms with van der Waals surface area (Å²) in [6.07, 6.45) is 0.789. The molecule has 0 spiro atoms. The minimum atomic E-state index is -3.44. The molecule has 0 radical (unpaired) electrons. The molecule has 21 heavy (non-hydrogen) atoms. The maximum Gasteiger partial charge on any atom is 0.240 e. The summed E-state index contributed by atoms with van der Waals surface area (Å²) in [5, 5.41) is 0. The van der Waals surface area contributed by atoms with Crippen LogP contribution in [0.15, 0.2) is 27.6 Å². The van der Waals surface area contributed by atoms with E-state index in [-0.39, 0.29) is 0 Å². The molecule has 0 atom stereocenters. The molecule has 7 heteroatoms. The quantitative estimate of drug-likeness (QED) is 0.819. The largest absolute Gasteiger partial charge is 0.379 e. The van der Waals surface area contributed by atoms with Crippen LogP contribution in [0.25, 0.3) is 0 Å². The first-order chi connectivity index (χ1) is 10.0. The molecule has 1 fully saturated rings. The van der Waals surface area contributed by atoms with E-state index in [0.29, 0.717) is 18.0 Å². The van der Waals surface area contributed by atoms with E-state index in [2.05, 4.69) is 25.6 Å². The van der Waals surface area contributed by atoms with Gasteiger partial charge in [-0.1, -0.05) is 22.9 Å². The van der Waals surface area contributed by atoms with Crippen LogP contribution >= 0.6 is 15.9 Å². The average Bonchev–Trinajstić information content (AvgIpc) is 2.48. The molecule has 1 heterocycles. The number of ether oxygens (including phenoxy) is 1. The second-order valence-corrected chi connectivity index (χ2v) is 7.58. The zero-order valence-corrected chi connectivity index (χ0v) is 14.5. The maximum absolute atomic E-state index is 12.3. The SMILES string of the molecule is CCc1cc(S(=O)(=O)NCCN2CCOCC2)ccc1Br. The van der Waals surface area contributed by atoms with Crippen molar-refractivity contribution in [2.45, 2.75) is 18.2 Å². The van der Waals surface area contributed by atoms with Gasteiger partial charge in [-0.25, -0.2) is 13.1 Å². The number of rotatable bonds is 6. The predicted octanol–water partition coefficient (Wildman–Crippen LogP) is 1.62. The third kappa shape index (κ3) is 4.75. The van der Waals surface area contributed by atoms with Gasteiger partial charge in [0.25, 0.3) is 0 Å². The lowest BCUT2D eigenvalue weighted by Gasteiger charge is -2.26. The third-order valence-electron chi connectivity index (χ3n) is 3.53. The van der Waals surface area contributed by atoms with Crippen molar-refractivity contribution in [3.63, 3.8) is 0 Å². The minimum absolute atomic E-state index is 0.324.